The van der Waals surface area contributed by atoms with Crippen LogP contribution >= 0.6 is 0 Å². The minimum atomic E-state index is -4.10. The Morgan fingerprint density at radius 3 is 2.48 bits per heavy atom. The predicted octanol–water partition coefficient (Wildman–Crippen LogP) is 3.21. The average Bonchev–Trinajstić information content (AvgIpc) is 3.26. The summed E-state index contributed by atoms with van der Waals surface area (Å²) < 4.78 is 51.4. The van der Waals surface area contributed by atoms with Crippen molar-refractivity contribution in [3.05, 3.63) is 83.7 Å². The number of halogens is 1. The van der Waals surface area contributed by atoms with E-state index >= 15 is 0 Å². The van der Waals surface area contributed by atoms with Crippen LogP contribution in [0.15, 0.2) is 76.7 Å². The van der Waals surface area contributed by atoms with Crippen molar-refractivity contribution >= 4 is 27.8 Å². The number of anilines is 1. The maximum atomic E-state index is 13.4. The molecule has 1 aliphatic heterocycles. The molecule has 0 atom stereocenters. The standard InChI is InChI=1S/C23H20FN3O5S/c1-16-2-9-20(10-3-16)33(29,30)27(19-7-5-18(24)6-8-19)14-23(28)26-25-13-17-4-11-21-22(12-17)32-15-31-21/h2-13H,14-15H2,1H3,(H,26,28)/b25-13-. The molecule has 170 valence electrons. The monoisotopic (exact) mass is 469 g/mol. The molecule has 3 aromatic carbocycles. The first-order valence-corrected chi connectivity index (χ1v) is 11.3. The lowest BCUT2D eigenvalue weighted by atomic mass is 10.2. The topological polar surface area (TPSA) is 97.3 Å². The van der Waals surface area contributed by atoms with Crippen molar-refractivity contribution < 1.29 is 27.1 Å². The second kappa shape index (κ2) is 9.29. The van der Waals surface area contributed by atoms with Crippen molar-refractivity contribution in [3.8, 4) is 11.5 Å². The fourth-order valence-electron chi connectivity index (χ4n) is 3.10. The second-order valence-electron chi connectivity index (χ2n) is 7.21. The number of benzene rings is 3. The normalized spacial score (nSPS) is 12.7. The van der Waals surface area contributed by atoms with Gasteiger partial charge in [0.1, 0.15) is 12.4 Å². The first kappa shape index (κ1) is 22.3. The van der Waals surface area contributed by atoms with Gasteiger partial charge in [-0.05, 0) is 67.1 Å². The van der Waals surface area contributed by atoms with Crippen molar-refractivity contribution in [1.82, 2.24) is 5.43 Å². The van der Waals surface area contributed by atoms with E-state index in [-0.39, 0.29) is 17.4 Å². The molecule has 33 heavy (non-hydrogen) atoms. The summed E-state index contributed by atoms with van der Waals surface area (Å²) in [6.07, 6.45) is 1.40. The number of hydrogen-bond acceptors (Lipinski definition) is 6. The summed E-state index contributed by atoms with van der Waals surface area (Å²) >= 11 is 0. The van der Waals surface area contributed by atoms with E-state index in [0.29, 0.717) is 17.1 Å². The van der Waals surface area contributed by atoms with E-state index in [2.05, 4.69) is 10.5 Å². The summed E-state index contributed by atoms with van der Waals surface area (Å²) in [5.41, 5.74) is 4.01. The lowest BCUT2D eigenvalue weighted by Crippen LogP contribution is -2.39. The third-order valence-corrected chi connectivity index (χ3v) is 6.60. The highest BCUT2D eigenvalue weighted by Gasteiger charge is 2.27. The molecule has 4 rings (SSSR count). The molecule has 1 heterocycles. The zero-order valence-electron chi connectivity index (χ0n) is 17.6. The zero-order chi connectivity index (χ0) is 23.4. The molecular formula is C23H20FN3O5S. The Labute approximate surface area is 190 Å². The van der Waals surface area contributed by atoms with Crippen LogP contribution in [-0.2, 0) is 14.8 Å². The smallest absolute Gasteiger partial charge is 0.264 e. The summed E-state index contributed by atoms with van der Waals surface area (Å²) in [5, 5.41) is 3.89. The van der Waals surface area contributed by atoms with E-state index in [1.54, 1.807) is 30.3 Å². The van der Waals surface area contributed by atoms with Crippen LogP contribution in [0.25, 0.3) is 0 Å². The van der Waals surface area contributed by atoms with Crippen molar-refractivity contribution in [2.24, 2.45) is 5.10 Å². The van der Waals surface area contributed by atoms with Crippen molar-refractivity contribution in [2.45, 2.75) is 11.8 Å². The highest BCUT2D eigenvalue weighted by Crippen LogP contribution is 2.32. The quantitative estimate of drug-likeness (QED) is 0.423. The fourth-order valence-corrected chi connectivity index (χ4v) is 4.52. The Morgan fingerprint density at radius 2 is 1.76 bits per heavy atom. The second-order valence-corrected chi connectivity index (χ2v) is 9.07. The zero-order valence-corrected chi connectivity index (χ0v) is 18.4. The van der Waals surface area contributed by atoms with Gasteiger partial charge in [-0.1, -0.05) is 17.7 Å². The summed E-state index contributed by atoms with van der Waals surface area (Å²) in [6.45, 7) is 1.42. The van der Waals surface area contributed by atoms with Crippen molar-refractivity contribution in [1.29, 1.82) is 0 Å². The molecular weight excluding hydrogens is 449 g/mol. The van der Waals surface area contributed by atoms with Gasteiger partial charge >= 0.3 is 0 Å². The van der Waals surface area contributed by atoms with Gasteiger partial charge in [0.05, 0.1) is 16.8 Å². The molecule has 3 aromatic rings. The molecule has 0 spiro atoms. The number of carbonyl (C=O) groups excluding carboxylic acids is 1. The fraction of sp³-hybridized carbons (Fsp3) is 0.130. The van der Waals surface area contributed by atoms with E-state index in [0.717, 1.165) is 22.0 Å². The number of ether oxygens (including phenoxy) is 2. The van der Waals surface area contributed by atoms with Crippen molar-refractivity contribution in [3.63, 3.8) is 0 Å². The Morgan fingerprint density at radius 1 is 1.06 bits per heavy atom. The molecule has 0 bridgehead atoms. The maximum Gasteiger partial charge on any atom is 0.264 e. The number of nitrogens with one attached hydrogen (secondary N) is 1. The first-order valence-electron chi connectivity index (χ1n) is 9.89. The number of aryl methyl sites for hydroxylation is 1. The molecule has 0 saturated carbocycles. The Bertz CT molecular complexity index is 1290. The summed E-state index contributed by atoms with van der Waals surface area (Å²) in [4.78, 5) is 12.6. The van der Waals surface area contributed by atoms with E-state index in [4.69, 9.17) is 9.47 Å². The molecule has 0 aromatic heterocycles. The number of sulfonamides is 1. The van der Waals surface area contributed by atoms with Crippen LogP contribution in [0, 0.1) is 12.7 Å². The maximum absolute atomic E-state index is 13.4. The predicted molar refractivity (Wildman–Crippen MR) is 120 cm³/mol. The van der Waals surface area contributed by atoms with Crippen LogP contribution in [0.1, 0.15) is 11.1 Å². The van der Waals surface area contributed by atoms with E-state index < -0.39 is 28.3 Å². The molecule has 0 aliphatic carbocycles. The van der Waals surface area contributed by atoms with Crippen molar-refractivity contribution in [2.75, 3.05) is 17.6 Å². The van der Waals surface area contributed by atoms with Gasteiger partial charge in [-0.25, -0.2) is 18.2 Å². The van der Waals surface area contributed by atoms with E-state index in [1.807, 2.05) is 6.92 Å². The van der Waals surface area contributed by atoms with Gasteiger partial charge in [0, 0.05) is 0 Å². The number of nitrogens with zero attached hydrogens (tertiary/aromatic N) is 2. The van der Waals surface area contributed by atoms with E-state index in [9.17, 15) is 17.6 Å². The summed E-state index contributed by atoms with van der Waals surface area (Å²) in [5.74, 6) is -0.0133. The van der Waals surface area contributed by atoms with Crippen LogP contribution in [0.2, 0.25) is 0 Å². The molecule has 0 radical (unpaired) electrons. The van der Waals surface area contributed by atoms with Gasteiger partial charge < -0.3 is 9.47 Å². The van der Waals surface area contributed by atoms with Crippen LogP contribution in [-0.4, -0.2) is 33.9 Å². The Balaban J connectivity index is 1.52. The highest BCUT2D eigenvalue weighted by atomic mass is 32.2. The molecule has 0 fully saturated rings. The van der Waals surface area contributed by atoms with Gasteiger partial charge in [-0.15, -0.1) is 0 Å². The highest BCUT2D eigenvalue weighted by molar-refractivity contribution is 7.92. The molecule has 8 nitrogen and oxygen atoms in total. The number of hydrogen-bond donors (Lipinski definition) is 1. The lowest BCUT2D eigenvalue weighted by Gasteiger charge is -2.23. The minimum absolute atomic E-state index is 0.00841. The molecule has 0 unspecified atom stereocenters. The lowest BCUT2D eigenvalue weighted by molar-refractivity contribution is -0.119. The van der Waals surface area contributed by atoms with Gasteiger partial charge in [0.25, 0.3) is 15.9 Å². The van der Waals surface area contributed by atoms with Crippen LogP contribution in [0.3, 0.4) is 0 Å². The Hall–Kier alpha value is -3.92. The third kappa shape index (κ3) is 5.12. The molecule has 1 N–H and O–H groups in total. The minimum Gasteiger partial charge on any atom is -0.454 e. The summed E-state index contributed by atoms with van der Waals surface area (Å²) in [7, 11) is -4.10. The number of hydrazone groups is 1. The number of fused-ring (bicyclic) bond motifs is 1. The van der Waals surface area contributed by atoms with Crippen LogP contribution in [0.5, 0.6) is 11.5 Å². The molecule has 10 heteroatoms. The number of amides is 1. The third-order valence-electron chi connectivity index (χ3n) is 4.81. The molecule has 1 aliphatic rings. The van der Waals surface area contributed by atoms with Gasteiger partial charge in [0.2, 0.25) is 6.79 Å². The van der Waals surface area contributed by atoms with Gasteiger partial charge in [0.15, 0.2) is 11.5 Å². The first-order chi connectivity index (χ1) is 15.8. The van der Waals surface area contributed by atoms with Gasteiger partial charge in [-0.2, -0.15) is 5.10 Å². The van der Waals surface area contributed by atoms with E-state index in [1.165, 1.54) is 30.5 Å². The summed E-state index contributed by atoms with van der Waals surface area (Å²) in [6, 6.07) is 16.2. The number of rotatable bonds is 7. The Kier molecular flexibility index (Phi) is 6.27. The largest absolute Gasteiger partial charge is 0.454 e. The van der Waals surface area contributed by atoms with Gasteiger partial charge in [-0.3, -0.25) is 9.10 Å². The molecule has 0 saturated heterocycles. The number of carbonyl (C=O) groups is 1. The van der Waals surface area contributed by atoms with Crippen LogP contribution < -0.4 is 19.2 Å². The SMILES string of the molecule is Cc1ccc(S(=O)(=O)N(CC(=O)N/N=C\c2ccc3c(c2)OCO3)c2ccc(F)cc2)cc1. The average molecular weight is 469 g/mol. The molecule has 1 amide bonds. The van der Waals surface area contributed by atoms with Crippen LogP contribution in [0.4, 0.5) is 10.1 Å².